The third-order valence-electron chi connectivity index (χ3n) is 5.23. The number of benzene rings is 1. The average Bonchev–Trinajstić information content (AvgIpc) is 2.91. The number of aromatic nitrogens is 2. The van der Waals surface area contributed by atoms with Gasteiger partial charge in [-0.15, -0.1) is 0 Å². The Hall–Kier alpha value is -1.72. The Balaban J connectivity index is 1.69. The molecule has 25 heavy (non-hydrogen) atoms. The summed E-state index contributed by atoms with van der Waals surface area (Å²) in [6.45, 7) is 9.38. The van der Waals surface area contributed by atoms with Gasteiger partial charge in [0, 0.05) is 36.9 Å². The lowest BCUT2D eigenvalue weighted by molar-refractivity contribution is 0.0487. The number of hydrogen-bond acceptors (Lipinski definition) is 3. The van der Waals surface area contributed by atoms with Crippen LogP contribution in [0.15, 0.2) is 30.3 Å². The molecule has 2 heterocycles. The lowest BCUT2D eigenvalue weighted by atomic mass is 9.74. The van der Waals surface area contributed by atoms with Crippen LogP contribution in [0.4, 0.5) is 4.39 Å². The Morgan fingerprint density at radius 3 is 2.68 bits per heavy atom. The molecule has 1 saturated heterocycles. The summed E-state index contributed by atoms with van der Waals surface area (Å²) < 4.78 is 21.4. The van der Waals surface area contributed by atoms with Crippen molar-refractivity contribution < 1.29 is 9.13 Å². The monoisotopic (exact) mass is 345 g/mol. The minimum atomic E-state index is -0.168. The molecule has 3 rings (SSSR count). The summed E-state index contributed by atoms with van der Waals surface area (Å²) in [4.78, 5) is 0. The van der Waals surface area contributed by atoms with Crippen LogP contribution < -0.4 is 5.32 Å². The molecule has 1 unspecified atom stereocenters. The standard InChI is InChI=1S/C20H28FN3O/c1-15-11-17(3)24(23-15)13-16(2)22-14-20(7-9-25-10-8-20)18-5-4-6-19(21)12-18/h4-6,11-12,16,22H,7-10,13-14H2,1-3H3. The maximum Gasteiger partial charge on any atom is 0.123 e. The molecule has 1 fully saturated rings. The Bertz CT molecular complexity index is 707. The van der Waals surface area contributed by atoms with Crippen LogP contribution in [0.5, 0.6) is 0 Å². The van der Waals surface area contributed by atoms with E-state index in [0.29, 0.717) is 0 Å². The lowest BCUT2D eigenvalue weighted by Crippen LogP contribution is -2.46. The van der Waals surface area contributed by atoms with Crippen LogP contribution in [-0.4, -0.2) is 35.6 Å². The summed E-state index contributed by atoms with van der Waals surface area (Å²) in [6.07, 6.45) is 1.83. The van der Waals surface area contributed by atoms with E-state index in [0.717, 1.165) is 50.4 Å². The van der Waals surface area contributed by atoms with Crippen LogP contribution in [0.25, 0.3) is 0 Å². The molecule has 1 aliphatic rings. The number of aryl methyl sites for hydroxylation is 2. The molecule has 5 heteroatoms. The maximum atomic E-state index is 13.8. The highest BCUT2D eigenvalue weighted by atomic mass is 19.1. The van der Waals surface area contributed by atoms with E-state index in [1.165, 1.54) is 11.8 Å². The van der Waals surface area contributed by atoms with Crippen molar-refractivity contribution >= 4 is 0 Å². The van der Waals surface area contributed by atoms with Gasteiger partial charge in [-0.3, -0.25) is 4.68 Å². The zero-order chi connectivity index (χ0) is 17.9. The zero-order valence-corrected chi connectivity index (χ0v) is 15.4. The molecule has 0 amide bonds. The molecule has 0 radical (unpaired) electrons. The van der Waals surface area contributed by atoms with E-state index >= 15 is 0 Å². The van der Waals surface area contributed by atoms with Crippen molar-refractivity contribution in [2.75, 3.05) is 19.8 Å². The molecule has 136 valence electrons. The van der Waals surface area contributed by atoms with Crippen molar-refractivity contribution in [1.29, 1.82) is 0 Å². The number of nitrogens with one attached hydrogen (secondary N) is 1. The van der Waals surface area contributed by atoms with E-state index < -0.39 is 0 Å². The van der Waals surface area contributed by atoms with Gasteiger partial charge >= 0.3 is 0 Å². The second-order valence-electron chi connectivity index (χ2n) is 7.29. The molecule has 1 aromatic carbocycles. The van der Waals surface area contributed by atoms with Crippen LogP contribution in [0.3, 0.4) is 0 Å². The first-order valence-corrected chi connectivity index (χ1v) is 9.07. The highest BCUT2D eigenvalue weighted by Crippen LogP contribution is 2.34. The summed E-state index contributed by atoms with van der Waals surface area (Å²) in [5.41, 5.74) is 3.23. The molecule has 0 saturated carbocycles. The predicted molar refractivity (Wildman–Crippen MR) is 97.3 cm³/mol. The quantitative estimate of drug-likeness (QED) is 0.872. The van der Waals surface area contributed by atoms with Gasteiger partial charge in [0.05, 0.1) is 12.2 Å². The largest absolute Gasteiger partial charge is 0.381 e. The normalized spacial score (nSPS) is 18.2. The van der Waals surface area contributed by atoms with Gasteiger partial charge in [0.1, 0.15) is 5.82 Å². The molecule has 4 nitrogen and oxygen atoms in total. The third kappa shape index (κ3) is 4.28. The highest BCUT2D eigenvalue weighted by Gasteiger charge is 2.34. The SMILES string of the molecule is Cc1cc(C)n(CC(C)NCC2(c3cccc(F)c3)CCOCC2)n1. The van der Waals surface area contributed by atoms with Crippen molar-refractivity contribution in [3.63, 3.8) is 0 Å². The molecular weight excluding hydrogens is 317 g/mol. The fraction of sp³-hybridized carbons (Fsp3) is 0.550. The highest BCUT2D eigenvalue weighted by molar-refractivity contribution is 5.27. The molecule has 0 bridgehead atoms. The summed E-state index contributed by atoms with van der Waals surface area (Å²) in [6, 6.07) is 9.42. The van der Waals surface area contributed by atoms with Crippen LogP contribution in [0.2, 0.25) is 0 Å². The van der Waals surface area contributed by atoms with Crippen molar-refractivity contribution in [1.82, 2.24) is 15.1 Å². The first kappa shape index (κ1) is 18.1. The number of rotatable bonds is 6. The van der Waals surface area contributed by atoms with Gasteiger partial charge in [-0.2, -0.15) is 5.10 Å². The second-order valence-corrected chi connectivity index (χ2v) is 7.29. The molecule has 2 aromatic rings. The van der Waals surface area contributed by atoms with E-state index in [-0.39, 0.29) is 17.3 Å². The number of nitrogens with zero attached hydrogens (tertiary/aromatic N) is 2. The summed E-state index contributed by atoms with van der Waals surface area (Å²) >= 11 is 0. The molecule has 1 N–H and O–H groups in total. The van der Waals surface area contributed by atoms with Gasteiger partial charge in [0.15, 0.2) is 0 Å². The molecule has 1 aliphatic heterocycles. The summed E-state index contributed by atoms with van der Waals surface area (Å²) in [5.74, 6) is -0.168. The first-order valence-electron chi connectivity index (χ1n) is 9.07. The minimum Gasteiger partial charge on any atom is -0.381 e. The lowest BCUT2D eigenvalue weighted by Gasteiger charge is -2.39. The summed E-state index contributed by atoms with van der Waals surface area (Å²) in [7, 11) is 0. The van der Waals surface area contributed by atoms with E-state index in [1.807, 2.05) is 17.7 Å². The maximum absolute atomic E-state index is 13.8. The Labute approximate surface area is 149 Å². The van der Waals surface area contributed by atoms with Gasteiger partial charge in [0.25, 0.3) is 0 Å². The van der Waals surface area contributed by atoms with Gasteiger partial charge in [-0.05, 0) is 57.4 Å². The van der Waals surface area contributed by atoms with E-state index in [9.17, 15) is 4.39 Å². The van der Waals surface area contributed by atoms with Gasteiger partial charge in [0.2, 0.25) is 0 Å². The topological polar surface area (TPSA) is 39.1 Å². The molecule has 1 atom stereocenters. The van der Waals surface area contributed by atoms with Crippen molar-refractivity contribution in [3.8, 4) is 0 Å². The van der Waals surface area contributed by atoms with Gasteiger partial charge < -0.3 is 10.1 Å². The Morgan fingerprint density at radius 1 is 1.28 bits per heavy atom. The number of halogens is 1. The number of hydrogen-bond donors (Lipinski definition) is 1. The molecule has 0 spiro atoms. The Morgan fingerprint density at radius 2 is 2.04 bits per heavy atom. The van der Waals surface area contributed by atoms with Crippen molar-refractivity contribution in [2.45, 2.75) is 51.6 Å². The van der Waals surface area contributed by atoms with Crippen molar-refractivity contribution in [3.05, 3.63) is 53.1 Å². The van der Waals surface area contributed by atoms with Gasteiger partial charge in [-0.25, -0.2) is 4.39 Å². The molecular formula is C20H28FN3O. The van der Waals surface area contributed by atoms with Crippen LogP contribution in [0, 0.1) is 19.7 Å². The third-order valence-corrected chi connectivity index (χ3v) is 5.23. The zero-order valence-electron chi connectivity index (χ0n) is 15.4. The smallest absolute Gasteiger partial charge is 0.123 e. The first-order chi connectivity index (χ1) is 12.0. The minimum absolute atomic E-state index is 0.0658. The van der Waals surface area contributed by atoms with Crippen molar-refractivity contribution in [2.24, 2.45) is 0 Å². The van der Waals surface area contributed by atoms with E-state index in [1.54, 1.807) is 12.1 Å². The average molecular weight is 345 g/mol. The fourth-order valence-electron chi connectivity index (χ4n) is 3.70. The van der Waals surface area contributed by atoms with Crippen LogP contribution in [0.1, 0.15) is 36.7 Å². The van der Waals surface area contributed by atoms with Crippen LogP contribution >= 0.6 is 0 Å². The molecule has 0 aliphatic carbocycles. The van der Waals surface area contributed by atoms with E-state index in [4.69, 9.17) is 4.74 Å². The fourth-order valence-corrected chi connectivity index (χ4v) is 3.70. The second kappa shape index (κ2) is 7.67. The van der Waals surface area contributed by atoms with Gasteiger partial charge in [-0.1, -0.05) is 12.1 Å². The van der Waals surface area contributed by atoms with E-state index in [2.05, 4.69) is 30.3 Å². The predicted octanol–water partition coefficient (Wildman–Crippen LogP) is 3.37. The van der Waals surface area contributed by atoms with Crippen LogP contribution in [-0.2, 0) is 16.7 Å². The Kier molecular flexibility index (Phi) is 5.54. The number of ether oxygens (including phenoxy) is 1. The summed E-state index contributed by atoms with van der Waals surface area (Å²) in [5, 5.41) is 8.20. The molecule has 1 aromatic heterocycles.